The highest BCUT2D eigenvalue weighted by atomic mass is 16.2. The number of hydrogen-bond donors (Lipinski definition) is 1. The number of nitrogens with zero attached hydrogens (tertiary/aromatic N) is 1. The lowest BCUT2D eigenvalue weighted by atomic mass is 10.2. The number of Topliss-reactive ketones (excluding diaryl/α,β-unsaturated/α-hetero) is 1. The van der Waals surface area contributed by atoms with Crippen molar-refractivity contribution < 1.29 is 9.59 Å². The maximum absolute atomic E-state index is 12.1. The van der Waals surface area contributed by atoms with Gasteiger partial charge in [-0.3, -0.25) is 9.59 Å². The number of carbonyl (C=O) groups is 2. The largest absolute Gasteiger partial charge is 0.352 e. The number of aromatic amines is 1. The molecule has 1 N–H and O–H groups in total. The molecule has 0 unspecified atom stereocenters. The average molecular weight is 258 g/mol. The average Bonchev–Trinajstić information content (AvgIpc) is 2.84. The fraction of sp³-hybridized carbons (Fsp3) is 0.333. The van der Waals surface area contributed by atoms with Gasteiger partial charge in [0.2, 0.25) is 5.91 Å². The third-order valence-corrected chi connectivity index (χ3v) is 3.26. The summed E-state index contributed by atoms with van der Waals surface area (Å²) in [5.74, 6) is -0.276. The Hall–Kier alpha value is -2.10. The van der Waals surface area contributed by atoms with E-state index in [1.54, 1.807) is 11.0 Å². The van der Waals surface area contributed by atoms with Crippen molar-refractivity contribution in [3.05, 3.63) is 36.0 Å². The summed E-state index contributed by atoms with van der Waals surface area (Å²) < 4.78 is 0. The molecule has 2 rings (SSSR count). The second-order valence-corrected chi connectivity index (χ2v) is 4.44. The zero-order chi connectivity index (χ0) is 13.8. The molecule has 1 amide bonds. The first-order valence-electron chi connectivity index (χ1n) is 6.54. The molecule has 0 spiro atoms. The smallest absolute Gasteiger partial charge is 0.230 e. The molecule has 0 saturated carbocycles. The summed E-state index contributed by atoms with van der Waals surface area (Å²) in [6.45, 7) is 5.09. The summed E-state index contributed by atoms with van der Waals surface area (Å²) in [7, 11) is 0. The van der Waals surface area contributed by atoms with E-state index in [0.717, 1.165) is 10.9 Å². The van der Waals surface area contributed by atoms with E-state index in [1.165, 1.54) is 0 Å². The molecule has 1 heterocycles. The first-order chi connectivity index (χ1) is 9.15. The first-order valence-corrected chi connectivity index (χ1v) is 6.54. The fourth-order valence-corrected chi connectivity index (χ4v) is 2.14. The van der Waals surface area contributed by atoms with Crippen molar-refractivity contribution in [1.29, 1.82) is 0 Å². The van der Waals surface area contributed by atoms with Crippen LogP contribution in [0.2, 0.25) is 0 Å². The molecule has 0 aliphatic heterocycles. The third kappa shape index (κ3) is 2.84. The van der Waals surface area contributed by atoms with Crippen LogP contribution in [0.15, 0.2) is 30.3 Å². The van der Waals surface area contributed by atoms with E-state index in [9.17, 15) is 9.59 Å². The zero-order valence-electron chi connectivity index (χ0n) is 11.3. The fourth-order valence-electron chi connectivity index (χ4n) is 2.14. The molecule has 4 heteroatoms. The summed E-state index contributed by atoms with van der Waals surface area (Å²) >= 11 is 0. The van der Waals surface area contributed by atoms with Crippen molar-refractivity contribution in [1.82, 2.24) is 9.88 Å². The summed E-state index contributed by atoms with van der Waals surface area (Å²) in [5.41, 5.74) is 1.42. The SMILES string of the molecule is CCN(CC)C(=O)CC(=O)c1cc2ccccc2[nH]1. The van der Waals surface area contributed by atoms with Crippen molar-refractivity contribution >= 4 is 22.6 Å². The molecule has 0 aliphatic rings. The Labute approximate surface area is 112 Å². The van der Waals surface area contributed by atoms with E-state index >= 15 is 0 Å². The Balaban J connectivity index is 2.13. The molecule has 0 radical (unpaired) electrons. The van der Waals surface area contributed by atoms with Crippen LogP contribution in [-0.4, -0.2) is 34.7 Å². The molecule has 4 nitrogen and oxygen atoms in total. The van der Waals surface area contributed by atoms with Gasteiger partial charge < -0.3 is 9.88 Å². The summed E-state index contributed by atoms with van der Waals surface area (Å²) in [6, 6.07) is 9.49. The van der Waals surface area contributed by atoms with E-state index in [2.05, 4.69) is 4.98 Å². The number of aromatic nitrogens is 1. The molecule has 19 heavy (non-hydrogen) atoms. The Morgan fingerprint density at radius 3 is 2.47 bits per heavy atom. The van der Waals surface area contributed by atoms with E-state index in [-0.39, 0.29) is 18.1 Å². The number of hydrogen-bond acceptors (Lipinski definition) is 2. The van der Waals surface area contributed by atoms with Crippen molar-refractivity contribution in [2.24, 2.45) is 0 Å². The minimum atomic E-state index is -0.159. The molecule has 0 aliphatic carbocycles. The number of ketones is 1. The van der Waals surface area contributed by atoms with E-state index in [0.29, 0.717) is 18.8 Å². The maximum Gasteiger partial charge on any atom is 0.230 e. The van der Waals surface area contributed by atoms with Gasteiger partial charge in [-0.2, -0.15) is 0 Å². The highest BCUT2D eigenvalue weighted by Gasteiger charge is 2.17. The Bertz CT molecular complexity index is 564. The Kier molecular flexibility index (Phi) is 4.00. The van der Waals surface area contributed by atoms with Gasteiger partial charge in [0.05, 0.1) is 12.1 Å². The first kappa shape index (κ1) is 13.3. The molecule has 0 bridgehead atoms. The van der Waals surface area contributed by atoms with Crippen molar-refractivity contribution in [3.63, 3.8) is 0 Å². The lowest BCUT2D eigenvalue weighted by Gasteiger charge is -2.17. The molecule has 100 valence electrons. The zero-order valence-corrected chi connectivity index (χ0v) is 11.3. The molecule has 2 aromatic rings. The molecule has 0 atom stereocenters. The second-order valence-electron chi connectivity index (χ2n) is 4.44. The second kappa shape index (κ2) is 5.69. The molecule has 1 aromatic heterocycles. The minimum absolute atomic E-state index is 0.0749. The van der Waals surface area contributed by atoms with Gasteiger partial charge in [0, 0.05) is 24.0 Å². The highest BCUT2D eigenvalue weighted by molar-refractivity contribution is 6.08. The van der Waals surface area contributed by atoms with Gasteiger partial charge in [0.15, 0.2) is 5.78 Å². The van der Waals surface area contributed by atoms with Crippen LogP contribution in [0.4, 0.5) is 0 Å². The number of fused-ring (bicyclic) bond motifs is 1. The number of nitrogens with one attached hydrogen (secondary N) is 1. The van der Waals surface area contributed by atoms with Crippen LogP contribution in [0.25, 0.3) is 10.9 Å². The van der Waals surface area contributed by atoms with E-state index < -0.39 is 0 Å². The summed E-state index contributed by atoms with van der Waals surface area (Å²) in [4.78, 5) is 28.7. The number of H-pyrrole nitrogens is 1. The van der Waals surface area contributed by atoms with Crippen molar-refractivity contribution in [3.8, 4) is 0 Å². The molecule has 0 fully saturated rings. The van der Waals surface area contributed by atoms with Crippen molar-refractivity contribution in [2.75, 3.05) is 13.1 Å². The van der Waals surface area contributed by atoms with Gasteiger partial charge in [-0.15, -0.1) is 0 Å². The van der Waals surface area contributed by atoms with Crippen molar-refractivity contribution in [2.45, 2.75) is 20.3 Å². The number of rotatable bonds is 5. The highest BCUT2D eigenvalue weighted by Crippen LogP contribution is 2.16. The van der Waals surface area contributed by atoms with Crippen LogP contribution in [0, 0.1) is 0 Å². The summed E-state index contributed by atoms with van der Waals surface area (Å²) in [5, 5.41) is 0.987. The predicted octanol–water partition coefficient (Wildman–Crippen LogP) is 2.61. The van der Waals surface area contributed by atoms with Gasteiger partial charge in [-0.05, 0) is 26.0 Å². The molecular weight excluding hydrogens is 240 g/mol. The van der Waals surface area contributed by atoms with Gasteiger partial charge in [0.25, 0.3) is 0 Å². The number of amides is 1. The maximum atomic E-state index is 12.1. The Morgan fingerprint density at radius 1 is 1.16 bits per heavy atom. The molecule has 1 aromatic carbocycles. The van der Waals surface area contributed by atoms with E-state index in [4.69, 9.17) is 0 Å². The lowest BCUT2D eigenvalue weighted by molar-refractivity contribution is -0.129. The van der Waals surface area contributed by atoms with Crippen LogP contribution in [-0.2, 0) is 4.79 Å². The number of para-hydroxylation sites is 1. The Morgan fingerprint density at radius 2 is 1.84 bits per heavy atom. The third-order valence-electron chi connectivity index (χ3n) is 3.26. The standard InChI is InChI=1S/C15H18N2O2/c1-3-17(4-2)15(19)10-14(18)13-9-11-7-5-6-8-12(11)16-13/h5-9,16H,3-4,10H2,1-2H3. The summed E-state index contributed by atoms with van der Waals surface area (Å²) in [6.07, 6.45) is -0.0749. The molecule has 0 saturated heterocycles. The lowest BCUT2D eigenvalue weighted by Crippen LogP contribution is -2.32. The molecular formula is C15H18N2O2. The van der Waals surface area contributed by atoms with Crippen LogP contribution < -0.4 is 0 Å². The van der Waals surface area contributed by atoms with Crippen LogP contribution >= 0.6 is 0 Å². The van der Waals surface area contributed by atoms with Gasteiger partial charge >= 0.3 is 0 Å². The van der Waals surface area contributed by atoms with Gasteiger partial charge in [-0.1, -0.05) is 18.2 Å². The van der Waals surface area contributed by atoms with Crippen LogP contribution in [0.1, 0.15) is 30.8 Å². The van der Waals surface area contributed by atoms with Gasteiger partial charge in [0.1, 0.15) is 0 Å². The van der Waals surface area contributed by atoms with E-state index in [1.807, 2.05) is 38.1 Å². The quantitative estimate of drug-likeness (QED) is 0.662. The number of carbonyl (C=O) groups excluding carboxylic acids is 2. The number of benzene rings is 1. The normalized spacial score (nSPS) is 10.6. The monoisotopic (exact) mass is 258 g/mol. The van der Waals surface area contributed by atoms with Crippen LogP contribution in [0.5, 0.6) is 0 Å². The topological polar surface area (TPSA) is 53.2 Å². The predicted molar refractivity (Wildman–Crippen MR) is 75.2 cm³/mol. The van der Waals surface area contributed by atoms with Gasteiger partial charge in [-0.25, -0.2) is 0 Å². The van der Waals surface area contributed by atoms with Crippen LogP contribution in [0.3, 0.4) is 0 Å². The minimum Gasteiger partial charge on any atom is -0.352 e.